The van der Waals surface area contributed by atoms with Crippen molar-refractivity contribution in [1.82, 2.24) is 19.8 Å². The van der Waals surface area contributed by atoms with Crippen LogP contribution in [0, 0.1) is 6.92 Å². The predicted octanol–water partition coefficient (Wildman–Crippen LogP) is 2.68. The third kappa shape index (κ3) is 3.15. The molecule has 1 atom stereocenters. The van der Waals surface area contributed by atoms with E-state index in [2.05, 4.69) is 10.3 Å². The first-order valence-electron chi connectivity index (χ1n) is 8.12. The van der Waals surface area contributed by atoms with Gasteiger partial charge in [0.15, 0.2) is 5.76 Å². The summed E-state index contributed by atoms with van der Waals surface area (Å²) in [5.74, 6) is 1.18. The van der Waals surface area contributed by atoms with Crippen LogP contribution in [0.3, 0.4) is 0 Å². The highest BCUT2D eigenvalue weighted by Crippen LogP contribution is 2.26. The molecular weight excluding hydrogens is 340 g/mol. The van der Waals surface area contributed by atoms with E-state index in [1.54, 1.807) is 6.20 Å². The van der Waals surface area contributed by atoms with Crippen molar-refractivity contribution in [2.45, 2.75) is 13.0 Å². The number of imidazole rings is 1. The highest BCUT2D eigenvalue weighted by Gasteiger charge is 2.32. The second kappa shape index (κ2) is 6.90. The van der Waals surface area contributed by atoms with Gasteiger partial charge in [0.2, 0.25) is 0 Å². The first kappa shape index (κ1) is 17.5. The summed E-state index contributed by atoms with van der Waals surface area (Å²) in [5.41, 5.74) is 1.89. The van der Waals surface area contributed by atoms with Gasteiger partial charge in [0, 0.05) is 44.5 Å². The Morgan fingerprint density at radius 3 is 2.96 bits per heavy atom. The minimum absolute atomic E-state index is 0. The summed E-state index contributed by atoms with van der Waals surface area (Å²) in [4.78, 5) is 19.3. The Balaban J connectivity index is 0.00000182. The van der Waals surface area contributed by atoms with Crippen molar-refractivity contribution >= 4 is 29.3 Å². The van der Waals surface area contributed by atoms with Gasteiger partial charge in [-0.2, -0.15) is 0 Å². The number of halogens is 1. The smallest absolute Gasteiger partial charge is 0.290 e. The average molecular weight is 361 g/mol. The lowest BCUT2D eigenvalue weighted by atomic mass is 10.1. The van der Waals surface area contributed by atoms with E-state index in [1.807, 2.05) is 53.9 Å². The maximum absolute atomic E-state index is 13.0. The molecule has 1 fully saturated rings. The summed E-state index contributed by atoms with van der Waals surface area (Å²) in [6, 6.07) is 7.67. The Labute approximate surface area is 152 Å². The largest absolute Gasteiger partial charge is 0.451 e. The van der Waals surface area contributed by atoms with E-state index in [1.165, 1.54) is 0 Å². The Hall–Kier alpha value is -2.31. The van der Waals surface area contributed by atoms with Crippen LogP contribution in [-0.4, -0.2) is 40.0 Å². The number of benzene rings is 1. The van der Waals surface area contributed by atoms with Gasteiger partial charge in [-0.1, -0.05) is 11.6 Å². The molecule has 1 N–H and O–H groups in total. The van der Waals surface area contributed by atoms with Gasteiger partial charge in [-0.05, 0) is 25.1 Å². The van der Waals surface area contributed by atoms with Crippen LogP contribution < -0.4 is 5.32 Å². The number of carbonyl (C=O) groups excluding carboxylic acids is 1. The van der Waals surface area contributed by atoms with E-state index >= 15 is 0 Å². The summed E-state index contributed by atoms with van der Waals surface area (Å²) in [7, 11) is 1.95. The monoisotopic (exact) mass is 360 g/mol. The molecule has 0 bridgehead atoms. The normalized spacial score (nSPS) is 17.5. The lowest BCUT2D eigenvalue weighted by molar-refractivity contribution is 0.0590. The molecule has 1 aromatic carbocycles. The number of aryl methyl sites for hydroxylation is 2. The fourth-order valence-electron chi connectivity index (χ4n) is 3.29. The van der Waals surface area contributed by atoms with Gasteiger partial charge in [-0.3, -0.25) is 4.79 Å². The molecule has 0 saturated carbocycles. The Kier molecular flexibility index (Phi) is 4.83. The summed E-state index contributed by atoms with van der Waals surface area (Å²) in [6.45, 7) is 4.12. The molecule has 1 aliphatic heterocycles. The molecule has 3 aromatic rings. The topological polar surface area (TPSA) is 63.3 Å². The molecular formula is C18H21ClN4O2. The Bertz CT molecular complexity index is 902. The number of hydrogen-bond acceptors (Lipinski definition) is 4. The number of rotatable bonds is 2. The number of nitrogens with zero attached hydrogens (tertiary/aromatic N) is 3. The van der Waals surface area contributed by atoms with E-state index < -0.39 is 0 Å². The Morgan fingerprint density at radius 2 is 2.20 bits per heavy atom. The van der Waals surface area contributed by atoms with Crippen LogP contribution >= 0.6 is 12.4 Å². The van der Waals surface area contributed by atoms with Crippen molar-refractivity contribution in [2.24, 2.45) is 7.05 Å². The van der Waals surface area contributed by atoms with Crippen LogP contribution in [0.2, 0.25) is 0 Å². The van der Waals surface area contributed by atoms with Gasteiger partial charge in [0.05, 0.1) is 0 Å². The van der Waals surface area contributed by atoms with Crippen LogP contribution in [0.4, 0.5) is 0 Å². The number of fused-ring (bicyclic) bond motifs is 1. The summed E-state index contributed by atoms with van der Waals surface area (Å²) in [6.07, 6.45) is 3.66. The Morgan fingerprint density at radius 1 is 1.36 bits per heavy atom. The molecule has 7 heteroatoms. The van der Waals surface area contributed by atoms with Crippen molar-refractivity contribution < 1.29 is 9.21 Å². The minimum Gasteiger partial charge on any atom is -0.451 e. The zero-order valence-corrected chi connectivity index (χ0v) is 15.0. The zero-order valence-electron chi connectivity index (χ0n) is 14.2. The molecule has 0 radical (unpaired) electrons. The van der Waals surface area contributed by atoms with E-state index in [0.717, 1.165) is 28.9 Å². The van der Waals surface area contributed by atoms with Crippen LogP contribution in [-0.2, 0) is 7.05 Å². The second-order valence-corrected chi connectivity index (χ2v) is 6.27. The third-order valence-corrected chi connectivity index (χ3v) is 4.54. The van der Waals surface area contributed by atoms with Gasteiger partial charge in [0.25, 0.3) is 5.91 Å². The number of amides is 1. The predicted molar refractivity (Wildman–Crippen MR) is 98.1 cm³/mol. The molecule has 6 nitrogen and oxygen atoms in total. The van der Waals surface area contributed by atoms with Crippen LogP contribution in [0.25, 0.3) is 11.0 Å². The molecule has 0 spiro atoms. The van der Waals surface area contributed by atoms with E-state index in [4.69, 9.17) is 4.42 Å². The maximum Gasteiger partial charge on any atom is 0.290 e. The SMILES string of the molecule is Cc1ccc2oc(C(=O)N3CCNCC3c3nccn3C)cc2c1.Cl. The summed E-state index contributed by atoms with van der Waals surface area (Å²) in [5, 5.41) is 4.30. The fraction of sp³-hybridized carbons (Fsp3) is 0.333. The highest BCUT2D eigenvalue weighted by atomic mass is 35.5. The molecule has 0 aliphatic carbocycles. The number of furan rings is 1. The number of nitrogens with one attached hydrogen (secondary N) is 1. The number of hydrogen-bond donors (Lipinski definition) is 1. The lowest BCUT2D eigenvalue weighted by Gasteiger charge is -2.35. The van der Waals surface area contributed by atoms with Crippen LogP contribution in [0.5, 0.6) is 0 Å². The van der Waals surface area contributed by atoms with Gasteiger partial charge < -0.3 is 19.2 Å². The van der Waals surface area contributed by atoms with Gasteiger partial charge in [-0.15, -0.1) is 12.4 Å². The number of carbonyl (C=O) groups is 1. The average Bonchev–Trinajstić information content (AvgIpc) is 3.19. The number of piperazine rings is 1. The van der Waals surface area contributed by atoms with Crippen LogP contribution in [0.1, 0.15) is 28.0 Å². The summed E-state index contributed by atoms with van der Waals surface area (Å²) < 4.78 is 7.75. The van der Waals surface area contributed by atoms with Crippen molar-refractivity contribution in [3.63, 3.8) is 0 Å². The third-order valence-electron chi connectivity index (χ3n) is 4.54. The fourth-order valence-corrected chi connectivity index (χ4v) is 3.29. The molecule has 1 saturated heterocycles. The first-order valence-corrected chi connectivity index (χ1v) is 8.12. The molecule has 1 aliphatic rings. The van der Waals surface area contributed by atoms with Crippen molar-refractivity contribution in [1.29, 1.82) is 0 Å². The molecule has 3 heterocycles. The molecule has 25 heavy (non-hydrogen) atoms. The van der Waals surface area contributed by atoms with Gasteiger partial charge in [-0.25, -0.2) is 4.98 Å². The molecule has 1 amide bonds. The molecule has 4 rings (SSSR count). The number of aromatic nitrogens is 2. The zero-order chi connectivity index (χ0) is 16.7. The molecule has 1 unspecified atom stereocenters. The highest BCUT2D eigenvalue weighted by molar-refractivity contribution is 5.96. The van der Waals surface area contributed by atoms with Crippen molar-refractivity contribution in [2.75, 3.05) is 19.6 Å². The van der Waals surface area contributed by atoms with E-state index in [-0.39, 0.29) is 24.4 Å². The first-order chi connectivity index (χ1) is 11.6. The van der Waals surface area contributed by atoms with Crippen LogP contribution in [0.15, 0.2) is 41.1 Å². The van der Waals surface area contributed by atoms with E-state index in [9.17, 15) is 4.79 Å². The maximum atomic E-state index is 13.0. The second-order valence-electron chi connectivity index (χ2n) is 6.27. The molecule has 132 valence electrons. The molecule has 2 aromatic heterocycles. The van der Waals surface area contributed by atoms with E-state index in [0.29, 0.717) is 18.8 Å². The van der Waals surface area contributed by atoms with Gasteiger partial charge >= 0.3 is 0 Å². The van der Waals surface area contributed by atoms with Gasteiger partial charge in [0.1, 0.15) is 17.4 Å². The minimum atomic E-state index is -0.0961. The van der Waals surface area contributed by atoms with Crippen molar-refractivity contribution in [3.05, 3.63) is 53.8 Å². The van der Waals surface area contributed by atoms with Crippen molar-refractivity contribution in [3.8, 4) is 0 Å². The standard InChI is InChI=1S/C18H20N4O2.ClH/c1-12-3-4-15-13(9-12)10-16(24-15)18(23)22-8-5-19-11-14(22)17-20-6-7-21(17)2;/h3-4,6-7,9-10,14,19H,5,8,11H2,1-2H3;1H. The lowest BCUT2D eigenvalue weighted by Crippen LogP contribution is -2.49. The quantitative estimate of drug-likeness (QED) is 0.763. The summed E-state index contributed by atoms with van der Waals surface area (Å²) >= 11 is 0.